The smallest absolute Gasteiger partial charge is 0.232 e. The van der Waals surface area contributed by atoms with Crippen LogP contribution in [-0.4, -0.2) is 30.4 Å². The molecule has 1 N–H and O–H groups in total. The summed E-state index contributed by atoms with van der Waals surface area (Å²) in [6, 6.07) is 8.90. The van der Waals surface area contributed by atoms with Crippen LogP contribution >= 0.6 is 34.8 Å². The average Bonchev–Trinajstić information content (AvgIpc) is 2.51. The Hall–Kier alpha value is -2.09. The van der Waals surface area contributed by atoms with E-state index in [1.54, 1.807) is 30.6 Å². The Bertz CT molecular complexity index is 680. The van der Waals surface area contributed by atoms with E-state index in [9.17, 15) is 0 Å². The molecule has 0 aliphatic carbocycles. The highest BCUT2D eigenvalue weighted by atomic mass is 35.5. The van der Waals surface area contributed by atoms with Crippen molar-refractivity contribution in [2.75, 3.05) is 5.32 Å². The number of aromatic nitrogens is 6. The molecule has 0 aliphatic rings. The topological polar surface area (TPSA) is 89.4 Å². The van der Waals surface area contributed by atoms with Crippen LogP contribution < -0.4 is 5.32 Å². The molecule has 0 fully saturated rings. The Balaban J connectivity index is 0.000000246. The third-order valence-electron chi connectivity index (χ3n) is 2.11. The Morgan fingerprint density at radius 2 is 1.41 bits per heavy atom. The highest BCUT2D eigenvalue weighted by molar-refractivity contribution is 6.33. The minimum atomic E-state index is 0.0227. The van der Waals surface area contributed by atoms with E-state index in [0.29, 0.717) is 10.7 Å². The maximum absolute atomic E-state index is 5.95. The first kappa shape index (κ1) is 16.3. The summed E-state index contributed by atoms with van der Waals surface area (Å²) in [7, 11) is 0. The van der Waals surface area contributed by atoms with Crippen LogP contribution in [0.15, 0.2) is 42.7 Å². The SMILES string of the molecule is Clc1nc(Cl)nc(Nc2ccccc2Cl)n1.c1cnnnc1. The van der Waals surface area contributed by atoms with Crippen molar-refractivity contribution < 1.29 is 0 Å². The lowest BCUT2D eigenvalue weighted by Gasteiger charge is -2.06. The number of anilines is 2. The first-order valence-electron chi connectivity index (χ1n) is 5.82. The van der Waals surface area contributed by atoms with E-state index < -0.39 is 0 Å². The molecule has 7 nitrogen and oxygen atoms in total. The van der Waals surface area contributed by atoms with Gasteiger partial charge in [-0.05, 0) is 46.6 Å². The monoisotopic (exact) mass is 355 g/mol. The molecule has 0 saturated carbocycles. The number of nitrogens with zero attached hydrogens (tertiary/aromatic N) is 6. The van der Waals surface area contributed by atoms with Gasteiger partial charge in [0.05, 0.1) is 23.1 Å². The molecule has 0 spiro atoms. The summed E-state index contributed by atoms with van der Waals surface area (Å²) in [5.74, 6) is 0.248. The van der Waals surface area contributed by atoms with Gasteiger partial charge in [-0.15, -0.1) is 10.2 Å². The van der Waals surface area contributed by atoms with Crippen molar-refractivity contribution in [1.29, 1.82) is 0 Å². The van der Waals surface area contributed by atoms with E-state index in [4.69, 9.17) is 34.8 Å². The Morgan fingerprint density at radius 1 is 0.773 bits per heavy atom. The van der Waals surface area contributed by atoms with E-state index in [1.165, 1.54) is 0 Å². The van der Waals surface area contributed by atoms with Gasteiger partial charge < -0.3 is 5.32 Å². The molecule has 3 aromatic rings. The van der Waals surface area contributed by atoms with Gasteiger partial charge in [-0.1, -0.05) is 23.7 Å². The summed E-state index contributed by atoms with van der Waals surface area (Å²) in [4.78, 5) is 11.4. The quantitative estimate of drug-likeness (QED) is 0.752. The van der Waals surface area contributed by atoms with E-state index >= 15 is 0 Å². The van der Waals surface area contributed by atoms with Gasteiger partial charge in [0.25, 0.3) is 0 Å². The van der Waals surface area contributed by atoms with Gasteiger partial charge >= 0.3 is 0 Å². The summed E-state index contributed by atoms with van der Waals surface area (Å²) < 4.78 is 0. The zero-order chi connectivity index (χ0) is 15.8. The van der Waals surface area contributed by atoms with E-state index in [1.807, 2.05) is 12.1 Å². The molecule has 0 amide bonds. The summed E-state index contributed by atoms with van der Waals surface area (Å²) in [5, 5.41) is 13.6. The zero-order valence-corrected chi connectivity index (χ0v) is 13.1. The second kappa shape index (κ2) is 8.38. The zero-order valence-electron chi connectivity index (χ0n) is 10.9. The average molecular weight is 357 g/mol. The molecule has 0 unspecified atom stereocenters. The first-order valence-corrected chi connectivity index (χ1v) is 6.95. The lowest BCUT2D eigenvalue weighted by atomic mass is 10.3. The third-order valence-corrected chi connectivity index (χ3v) is 2.78. The van der Waals surface area contributed by atoms with Crippen LogP contribution in [0, 0.1) is 0 Å². The summed E-state index contributed by atoms with van der Waals surface area (Å²) in [5.41, 5.74) is 0.669. The second-order valence-electron chi connectivity index (χ2n) is 3.61. The van der Waals surface area contributed by atoms with Crippen molar-refractivity contribution in [3.63, 3.8) is 0 Å². The molecule has 0 atom stereocenters. The lowest BCUT2D eigenvalue weighted by molar-refractivity contribution is 0.865. The number of halogens is 3. The van der Waals surface area contributed by atoms with Crippen molar-refractivity contribution in [3.05, 3.63) is 58.3 Å². The van der Waals surface area contributed by atoms with Crippen molar-refractivity contribution >= 4 is 46.4 Å². The lowest BCUT2D eigenvalue weighted by Crippen LogP contribution is -1.99. The molecule has 10 heteroatoms. The van der Waals surface area contributed by atoms with Gasteiger partial charge in [0.2, 0.25) is 16.5 Å². The fourth-order valence-electron chi connectivity index (χ4n) is 1.27. The maximum atomic E-state index is 5.95. The van der Waals surface area contributed by atoms with Gasteiger partial charge in [-0.25, -0.2) is 0 Å². The van der Waals surface area contributed by atoms with Gasteiger partial charge in [-0.2, -0.15) is 15.0 Å². The molecular weight excluding hydrogens is 349 g/mol. The van der Waals surface area contributed by atoms with E-state index in [-0.39, 0.29) is 16.5 Å². The van der Waals surface area contributed by atoms with Gasteiger partial charge in [0.15, 0.2) is 0 Å². The van der Waals surface area contributed by atoms with E-state index in [0.717, 1.165) is 0 Å². The number of benzene rings is 1. The number of nitrogens with one attached hydrogen (secondary N) is 1. The second-order valence-corrected chi connectivity index (χ2v) is 4.70. The number of rotatable bonds is 2. The molecule has 0 saturated heterocycles. The minimum absolute atomic E-state index is 0.0227. The number of hydrogen-bond acceptors (Lipinski definition) is 7. The largest absolute Gasteiger partial charge is 0.323 e. The summed E-state index contributed by atoms with van der Waals surface area (Å²) in [6.07, 6.45) is 3.15. The van der Waals surface area contributed by atoms with Crippen LogP contribution in [0.5, 0.6) is 0 Å². The van der Waals surface area contributed by atoms with Crippen LogP contribution in [0.4, 0.5) is 11.6 Å². The molecule has 0 bridgehead atoms. The fourth-order valence-corrected chi connectivity index (χ4v) is 1.82. The number of hydrogen-bond donors (Lipinski definition) is 1. The molecule has 0 aliphatic heterocycles. The highest BCUT2D eigenvalue weighted by Crippen LogP contribution is 2.23. The molecule has 0 radical (unpaired) electrons. The first-order chi connectivity index (χ1) is 10.6. The van der Waals surface area contributed by atoms with Crippen molar-refractivity contribution in [2.45, 2.75) is 0 Å². The number of para-hydroxylation sites is 1. The highest BCUT2D eigenvalue weighted by Gasteiger charge is 2.05. The predicted octanol–water partition coefficient (Wildman–Crippen LogP) is 3.45. The van der Waals surface area contributed by atoms with E-state index in [2.05, 4.69) is 35.7 Å². The van der Waals surface area contributed by atoms with Crippen LogP contribution in [-0.2, 0) is 0 Å². The molecule has 2 aromatic heterocycles. The summed E-state index contributed by atoms with van der Waals surface area (Å²) >= 11 is 17.2. The Kier molecular flexibility index (Phi) is 6.20. The normalized spacial score (nSPS) is 9.59. The molecule has 2 heterocycles. The molecule has 3 rings (SSSR count). The fraction of sp³-hybridized carbons (Fsp3) is 0. The van der Waals surface area contributed by atoms with Gasteiger partial charge in [0, 0.05) is 0 Å². The van der Waals surface area contributed by atoms with Crippen molar-refractivity contribution in [1.82, 2.24) is 30.4 Å². The van der Waals surface area contributed by atoms with Crippen LogP contribution in [0.25, 0.3) is 0 Å². The molecule has 112 valence electrons. The Labute approximate surface area is 140 Å². The van der Waals surface area contributed by atoms with Crippen LogP contribution in [0.1, 0.15) is 0 Å². The molecule has 22 heavy (non-hydrogen) atoms. The summed E-state index contributed by atoms with van der Waals surface area (Å²) in [6.45, 7) is 0. The van der Waals surface area contributed by atoms with Gasteiger partial charge in [0.1, 0.15) is 0 Å². The van der Waals surface area contributed by atoms with Gasteiger partial charge in [-0.3, -0.25) is 0 Å². The van der Waals surface area contributed by atoms with Crippen molar-refractivity contribution in [3.8, 4) is 0 Å². The maximum Gasteiger partial charge on any atom is 0.232 e. The van der Waals surface area contributed by atoms with Crippen LogP contribution in [0.2, 0.25) is 15.6 Å². The molecular formula is C12H8Cl3N7. The Morgan fingerprint density at radius 3 is 1.91 bits per heavy atom. The third kappa shape index (κ3) is 5.36. The van der Waals surface area contributed by atoms with Crippen LogP contribution in [0.3, 0.4) is 0 Å². The predicted molar refractivity (Wildman–Crippen MR) is 84.4 cm³/mol. The minimum Gasteiger partial charge on any atom is -0.323 e. The van der Waals surface area contributed by atoms with Crippen molar-refractivity contribution in [2.24, 2.45) is 0 Å². The molecule has 1 aromatic carbocycles. The standard InChI is InChI=1S/C9H5Cl3N4.C3H3N3/c10-5-3-1-2-4-6(5)13-9-15-7(11)14-8(12)16-9;1-2-4-6-5-3-1/h1-4H,(H,13,14,15,16);1-3H.